The van der Waals surface area contributed by atoms with Gasteiger partial charge in [0.2, 0.25) is 0 Å². The Morgan fingerprint density at radius 3 is 0.896 bits per heavy atom. The molecule has 0 fully saturated rings. The van der Waals surface area contributed by atoms with E-state index in [0.29, 0.717) is 68.7 Å². The predicted octanol–water partition coefficient (Wildman–Crippen LogP) is 23.0. The van der Waals surface area contributed by atoms with Crippen LogP contribution >= 0.6 is 56.7 Å². The van der Waals surface area contributed by atoms with Crippen LogP contribution in [0.3, 0.4) is 0 Å². The number of methoxy groups -OCH3 is 5. The minimum Gasteiger partial charge on any atom is -0.494 e. The lowest BCUT2D eigenvalue weighted by molar-refractivity contribution is 0.362. The number of allylic oxidation sites excluding steroid dienone is 5. The Hall–Kier alpha value is -10.7. The van der Waals surface area contributed by atoms with E-state index >= 15 is 0 Å². The molecule has 0 spiro atoms. The van der Waals surface area contributed by atoms with E-state index in [1.165, 1.54) is 39.0 Å². The van der Waals surface area contributed by atoms with Crippen molar-refractivity contribution in [3.8, 4) is 87.4 Å². The first-order chi connectivity index (χ1) is 54.8. The molecular weight excluding hydrogens is 1540 g/mol. The standard InChI is InChI=1S/C30H37NO3S.4C16H15NO2S/c1-19(2)10-8-11-20(3)12-9-13-21(4)16-17-34-24-14-15-25-26(18-24)35-30-23(6)28(32)22(5)29(33-7)27(30)31-25;2*1-8-5-6-12-11(7-8)17-13-15(19-4)9(2)14(18)10(3)16(13)20-12;2*1-8-5-6-11-12(7-8)20-16-10(3)14(18)9(2)15(19-4)13(16)17-11/h10,12,14-16,18H,8-9,11,13,17H2,1-7H3;4*5-7H,1-4H3/b20-12+,21-16+;;;;. The summed E-state index contributed by atoms with van der Waals surface area (Å²) in [6, 6.07) is 30.6. The summed E-state index contributed by atoms with van der Waals surface area (Å²) in [6.45, 7) is 35.6. The Labute approximate surface area is 690 Å². The van der Waals surface area contributed by atoms with Crippen LogP contribution in [0.15, 0.2) is 150 Å². The first kappa shape index (κ1) is 85.2. The van der Waals surface area contributed by atoms with Crippen molar-refractivity contribution in [3.63, 3.8) is 0 Å². The number of benzene rings is 10. The smallest absolute Gasteiger partial charge is 0.189 e. The summed E-state index contributed by atoms with van der Waals surface area (Å²) >= 11 is 7.95. The number of ether oxygens (including phenoxy) is 6. The van der Waals surface area contributed by atoms with Crippen LogP contribution in [0.25, 0.3) is 104 Å². The van der Waals surface area contributed by atoms with E-state index in [1.807, 2.05) is 90.9 Å². The van der Waals surface area contributed by atoms with Gasteiger partial charge in [0.05, 0.1) is 111 Å². The molecule has 5 aromatic rings. The first-order valence-electron chi connectivity index (χ1n) is 37.8. The van der Waals surface area contributed by atoms with E-state index in [1.54, 1.807) is 127 Å². The van der Waals surface area contributed by atoms with Crippen LogP contribution < -0.4 is 55.6 Å². The zero-order chi connectivity index (χ0) is 83.3. The predicted molar refractivity (Wildman–Crippen MR) is 483 cm³/mol. The van der Waals surface area contributed by atoms with Crippen LogP contribution in [-0.2, 0) is 0 Å². The van der Waals surface area contributed by atoms with Gasteiger partial charge in [-0.05, 0) is 245 Å². The Morgan fingerprint density at radius 2 is 0.574 bits per heavy atom. The molecule has 0 radical (unpaired) electrons. The molecule has 5 aliphatic carbocycles. The van der Waals surface area contributed by atoms with Gasteiger partial charge in [0, 0.05) is 55.6 Å². The monoisotopic (exact) mass is 1630 g/mol. The van der Waals surface area contributed by atoms with Crippen molar-refractivity contribution in [1.82, 2.24) is 24.9 Å². The molecule has 0 unspecified atom stereocenters. The third kappa shape index (κ3) is 18.1. The lowest BCUT2D eigenvalue weighted by atomic mass is 10.1. The summed E-state index contributed by atoms with van der Waals surface area (Å²) in [5.41, 5.74) is 24.4. The molecule has 5 aliphatic heterocycles. The molecule has 0 aromatic heterocycles. The van der Waals surface area contributed by atoms with Crippen molar-refractivity contribution >= 4 is 108 Å². The summed E-state index contributed by atoms with van der Waals surface area (Å²) < 4.78 is 38.5. The molecule has 5 heterocycles. The van der Waals surface area contributed by atoms with Crippen molar-refractivity contribution in [2.45, 2.75) is 150 Å². The fraction of sp³-hybridized carbons (Fsp3) is 0.298. The van der Waals surface area contributed by atoms with Crippen molar-refractivity contribution in [2.24, 2.45) is 0 Å². The number of hydrogen-bond donors (Lipinski definition) is 0. The largest absolute Gasteiger partial charge is 0.494 e. The van der Waals surface area contributed by atoms with Gasteiger partial charge < -0.3 is 28.4 Å². The minimum atomic E-state index is 0.0118. The van der Waals surface area contributed by atoms with Crippen molar-refractivity contribution in [2.75, 3.05) is 42.2 Å². The topological polar surface area (TPSA) is 205 Å². The van der Waals surface area contributed by atoms with E-state index < -0.39 is 0 Å². The number of aryl methyl sites for hydroxylation is 4. The molecule has 15 rings (SSSR count). The van der Waals surface area contributed by atoms with Crippen LogP contribution in [0.4, 0.5) is 0 Å². The van der Waals surface area contributed by atoms with Crippen molar-refractivity contribution in [3.05, 3.63) is 255 Å². The summed E-state index contributed by atoms with van der Waals surface area (Å²) in [7, 11) is 7.93. The lowest BCUT2D eigenvalue weighted by Crippen LogP contribution is -2.13. The molecule has 0 saturated carbocycles. The quantitative estimate of drug-likeness (QED) is 0.0733. The molecule has 21 heteroatoms. The highest BCUT2D eigenvalue weighted by molar-refractivity contribution is 7.23. The SMILES string of the molecule is COc1c2nc3cc(C)ccc3sc-2c(C)c(=O)c1C.COc1c2nc3cc(C)ccc3sc-2c(C)c(=O)c1C.COc1c2nc3ccc(C)cc3sc-2c(C)c(=O)c1C.COc1c2nc3ccc(C)cc3sc-2c(C)c(=O)c1C.COc1c2nc3ccc(OC/C=C(\C)CC/C=C(\C)CCC=C(C)C)cc3sc-2c(C)c(=O)c1C. The van der Waals surface area contributed by atoms with Crippen LogP contribution in [0.1, 0.15) is 131 Å². The van der Waals surface area contributed by atoms with E-state index in [9.17, 15) is 24.0 Å². The van der Waals surface area contributed by atoms with Gasteiger partial charge in [-0.1, -0.05) is 53.1 Å². The van der Waals surface area contributed by atoms with Gasteiger partial charge >= 0.3 is 0 Å². The van der Waals surface area contributed by atoms with E-state index in [2.05, 4.69) is 108 Å². The number of fused-ring (bicyclic) bond motifs is 10. The fourth-order valence-corrected chi connectivity index (χ4v) is 19.3. The van der Waals surface area contributed by atoms with E-state index in [-0.39, 0.29) is 27.1 Å². The molecule has 10 aliphatic rings. The number of nitrogens with zero attached hydrogens (tertiary/aromatic N) is 5. The molecular formula is C94H97N5O11S5. The van der Waals surface area contributed by atoms with Gasteiger partial charge in [-0.2, -0.15) is 0 Å². The third-order valence-corrected chi connectivity index (χ3v) is 26.7. The van der Waals surface area contributed by atoms with Gasteiger partial charge in [-0.25, -0.2) is 24.9 Å². The highest BCUT2D eigenvalue weighted by Gasteiger charge is 2.27. The average molecular weight is 1630 g/mol. The maximum Gasteiger partial charge on any atom is 0.189 e. The Kier molecular flexibility index (Phi) is 27.0. The number of hydrogen-bond acceptors (Lipinski definition) is 21. The van der Waals surface area contributed by atoms with Crippen LogP contribution in [0, 0.1) is 96.9 Å². The molecule has 594 valence electrons. The molecule has 0 atom stereocenters. The fourth-order valence-electron chi connectivity index (χ4n) is 13.8. The third-order valence-electron chi connectivity index (χ3n) is 20.4. The number of rotatable bonds is 14. The van der Waals surface area contributed by atoms with Crippen LogP contribution in [0.5, 0.6) is 34.5 Å². The summed E-state index contributed by atoms with van der Waals surface area (Å²) in [6.07, 6.45) is 11.2. The van der Waals surface area contributed by atoms with Gasteiger partial charge in [0.15, 0.2) is 55.9 Å². The van der Waals surface area contributed by atoms with E-state index in [4.69, 9.17) is 53.3 Å². The lowest BCUT2D eigenvalue weighted by Gasteiger charge is -2.15. The van der Waals surface area contributed by atoms with Gasteiger partial charge in [0.25, 0.3) is 0 Å². The van der Waals surface area contributed by atoms with Crippen LogP contribution in [0.2, 0.25) is 0 Å². The Balaban J connectivity index is 0.000000145. The van der Waals surface area contributed by atoms with Crippen molar-refractivity contribution < 1.29 is 28.4 Å². The molecule has 5 aromatic carbocycles. The second-order valence-corrected chi connectivity index (χ2v) is 34.6. The Bertz CT molecular complexity index is 6230. The minimum absolute atomic E-state index is 0.0118. The second-order valence-electron chi connectivity index (χ2n) is 29.3. The average Bonchev–Trinajstić information content (AvgIpc) is 0.782. The van der Waals surface area contributed by atoms with Gasteiger partial charge in [-0.3, -0.25) is 24.0 Å². The zero-order valence-corrected chi connectivity index (χ0v) is 73.8. The Morgan fingerprint density at radius 1 is 0.304 bits per heavy atom. The second kappa shape index (κ2) is 36.4. The normalized spacial score (nSPS) is 11.5. The summed E-state index contributed by atoms with van der Waals surface area (Å²) in [4.78, 5) is 89.8. The number of aromatic nitrogens is 5. The van der Waals surface area contributed by atoms with Crippen LogP contribution in [-0.4, -0.2) is 67.1 Å². The summed E-state index contributed by atoms with van der Waals surface area (Å²) in [5, 5.41) is 0. The van der Waals surface area contributed by atoms with E-state index in [0.717, 1.165) is 158 Å². The maximum atomic E-state index is 12.6. The van der Waals surface area contributed by atoms with Gasteiger partial charge in [-0.15, -0.1) is 56.7 Å². The summed E-state index contributed by atoms with van der Waals surface area (Å²) in [5.74, 6) is 3.73. The molecule has 0 saturated heterocycles. The first-order valence-corrected chi connectivity index (χ1v) is 41.9. The molecule has 0 bridgehead atoms. The highest BCUT2D eigenvalue weighted by Crippen LogP contribution is 2.45. The zero-order valence-electron chi connectivity index (χ0n) is 69.7. The van der Waals surface area contributed by atoms with Gasteiger partial charge in [0.1, 0.15) is 40.8 Å². The van der Waals surface area contributed by atoms with Crippen molar-refractivity contribution in [1.29, 1.82) is 0 Å². The molecule has 0 N–H and O–H groups in total. The molecule has 115 heavy (non-hydrogen) atoms. The molecule has 0 amide bonds. The maximum absolute atomic E-state index is 12.6. The molecule has 16 nitrogen and oxygen atoms in total. The highest BCUT2D eigenvalue weighted by atomic mass is 32.1.